The number of benzene rings is 3. The van der Waals surface area contributed by atoms with Crippen LogP contribution in [0.1, 0.15) is 34.5 Å². The summed E-state index contributed by atoms with van der Waals surface area (Å²) in [5.41, 5.74) is 1.39. The van der Waals surface area contributed by atoms with Gasteiger partial charge in [0.1, 0.15) is 11.6 Å². The average Bonchev–Trinajstić information content (AvgIpc) is 2.76. The summed E-state index contributed by atoms with van der Waals surface area (Å²) in [6.45, 7) is 3.87. The largest absolute Gasteiger partial charge is 0.492 e. The Balaban J connectivity index is 1.87. The van der Waals surface area contributed by atoms with Crippen molar-refractivity contribution in [3.05, 3.63) is 95.3 Å². The van der Waals surface area contributed by atoms with Gasteiger partial charge in [0.05, 0.1) is 17.9 Å². The highest BCUT2D eigenvalue weighted by Crippen LogP contribution is 2.27. The van der Waals surface area contributed by atoms with Crippen LogP contribution in [0.5, 0.6) is 5.75 Å². The van der Waals surface area contributed by atoms with Crippen LogP contribution in [0.3, 0.4) is 0 Å². The Labute approximate surface area is 174 Å². The molecule has 0 saturated carbocycles. The lowest BCUT2D eigenvalue weighted by Crippen LogP contribution is -2.26. The van der Waals surface area contributed by atoms with Crippen molar-refractivity contribution in [2.24, 2.45) is 0 Å². The molecule has 0 radical (unpaired) electrons. The van der Waals surface area contributed by atoms with Crippen molar-refractivity contribution in [2.45, 2.75) is 20.0 Å². The van der Waals surface area contributed by atoms with Crippen LogP contribution in [0.2, 0.25) is 0 Å². The lowest BCUT2D eigenvalue weighted by molar-refractivity contribution is -0.125. The van der Waals surface area contributed by atoms with E-state index in [1.54, 1.807) is 61.5 Å². The van der Waals surface area contributed by atoms with Crippen LogP contribution < -0.4 is 10.1 Å². The minimum absolute atomic E-state index is 0.0292. The Kier molecular flexibility index (Phi) is 6.80. The Hall–Kier alpha value is -3.67. The number of esters is 1. The number of para-hydroxylation sites is 2. The van der Waals surface area contributed by atoms with Gasteiger partial charge >= 0.3 is 5.97 Å². The highest BCUT2D eigenvalue weighted by Gasteiger charge is 2.26. The number of rotatable bonds is 7. The van der Waals surface area contributed by atoms with E-state index in [1.165, 1.54) is 12.1 Å². The first-order chi connectivity index (χ1) is 14.5. The maximum atomic E-state index is 13.9. The van der Waals surface area contributed by atoms with Crippen molar-refractivity contribution in [3.63, 3.8) is 0 Å². The molecule has 3 aromatic rings. The van der Waals surface area contributed by atoms with Crippen molar-refractivity contribution in [1.82, 2.24) is 0 Å². The van der Waals surface area contributed by atoms with Gasteiger partial charge in [0, 0.05) is 5.56 Å². The van der Waals surface area contributed by atoms with Crippen molar-refractivity contribution < 1.29 is 23.5 Å². The summed E-state index contributed by atoms with van der Waals surface area (Å²) in [4.78, 5) is 25.7. The van der Waals surface area contributed by atoms with Gasteiger partial charge in [-0.1, -0.05) is 48.5 Å². The first kappa shape index (κ1) is 21.0. The monoisotopic (exact) mass is 407 g/mol. The number of carbonyl (C=O) groups is 2. The van der Waals surface area contributed by atoms with Gasteiger partial charge in [0.2, 0.25) is 6.10 Å². The number of anilines is 1. The van der Waals surface area contributed by atoms with Crippen LogP contribution >= 0.6 is 0 Å². The van der Waals surface area contributed by atoms with Gasteiger partial charge in [-0.3, -0.25) is 4.79 Å². The fraction of sp³-hybridized carbons (Fsp3) is 0.167. The van der Waals surface area contributed by atoms with E-state index in [1.807, 2.05) is 6.92 Å². The first-order valence-corrected chi connectivity index (χ1v) is 9.54. The second-order valence-electron chi connectivity index (χ2n) is 6.58. The van der Waals surface area contributed by atoms with E-state index in [4.69, 9.17) is 9.47 Å². The maximum absolute atomic E-state index is 13.9. The van der Waals surface area contributed by atoms with Crippen LogP contribution in [0.4, 0.5) is 10.1 Å². The summed E-state index contributed by atoms with van der Waals surface area (Å²) in [6.07, 6.45) is -1.22. The lowest BCUT2D eigenvalue weighted by Gasteiger charge is -2.19. The molecule has 0 unspecified atom stereocenters. The number of ether oxygens (including phenoxy) is 2. The van der Waals surface area contributed by atoms with Crippen LogP contribution in [-0.4, -0.2) is 18.5 Å². The first-order valence-electron chi connectivity index (χ1n) is 9.54. The summed E-state index contributed by atoms with van der Waals surface area (Å²) >= 11 is 0. The van der Waals surface area contributed by atoms with E-state index in [-0.39, 0.29) is 5.56 Å². The van der Waals surface area contributed by atoms with Gasteiger partial charge in [-0.2, -0.15) is 0 Å². The Morgan fingerprint density at radius 3 is 2.40 bits per heavy atom. The molecule has 1 atom stereocenters. The molecule has 0 spiro atoms. The predicted octanol–water partition coefficient (Wildman–Crippen LogP) is 5.07. The van der Waals surface area contributed by atoms with Crippen LogP contribution in [0, 0.1) is 12.7 Å². The van der Waals surface area contributed by atoms with Gasteiger partial charge in [0.25, 0.3) is 5.91 Å². The van der Waals surface area contributed by atoms with Crippen molar-refractivity contribution in [2.75, 3.05) is 11.9 Å². The number of aryl methyl sites for hydroxylation is 1. The molecule has 6 heteroatoms. The minimum atomic E-state index is -1.22. The van der Waals surface area contributed by atoms with Gasteiger partial charge in [-0.15, -0.1) is 0 Å². The number of hydrogen-bond donors (Lipinski definition) is 1. The predicted molar refractivity (Wildman–Crippen MR) is 112 cm³/mol. The SMILES string of the molecule is CCOc1ccccc1NC(=O)[C@H](OC(=O)c1ccc(C)c(F)c1)c1ccccc1. The molecular formula is C24H22FNO4. The molecule has 3 aromatic carbocycles. The molecule has 154 valence electrons. The van der Waals surface area contributed by atoms with Crippen molar-refractivity contribution in [1.29, 1.82) is 0 Å². The summed E-state index contributed by atoms with van der Waals surface area (Å²) < 4.78 is 24.9. The van der Waals surface area contributed by atoms with Gasteiger partial charge in [-0.05, 0) is 43.7 Å². The minimum Gasteiger partial charge on any atom is -0.492 e. The van der Waals surface area contributed by atoms with Crippen LogP contribution in [0.25, 0.3) is 0 Å². The number of hydrogen-bond acceptors (Lipinski definition) is 4. The number of halogens is 1. The molecule has 30 heavy (non-hydrogen) atoms. The zero-order valence-corrected chi connectivity index (χ0v) is 16.7. The highest BCUT2D eigenvalue weighted by atomic mass is 19.1. The standard InChI is InChI=1S/C24H22FNO4/c1-3-29-21-12-8-7-11-20(21)26-23(27)22(17-9-5-4-6-10-17)30-24(28)18-14-13-16(2)19(25)15-18/h4-15,22H,3H2,1-2H3,(H,26,27)/t22-/m1/s1. The normalized spacial score (nSPS) is 11.4. The third-order valence-corrected chi connectivity index (χ3v) is 4.42. The van der Waals surface area contributed by atoms with E-state index in [2.05, 4.69) is 5.32 Å². The van der Waals surface area contributed by atoms with Gasteiger partial charge < -0.3 is 14.8 Å². The molecule has 0 bridgehead atoms. The fourth-order valence-electron chi connectivity index (χ4n) is 2.85. The maximum Gasteiger partial charge on any atom is 0.339 e. The molecule has 3 rings (SSSR count). The molecule has 1 amide bonds. The van der Waals surface area contributed by atoms with E-state index >= 15 is 0 Å². The molecule has 0 fully saturated rings. The average molecular weight is 407 g/mol. The Morgan fingerprint density at radius 1 is 1.00 bits per heavy atom. The molecule has 0 aliphatic rings. The van der Waals surface area contributed by atoms with Gasteiger partial charge in [0.15, 0.2) is 0 Å². The summed E-state index contributed by atoms with van der Waals surface area (Å²) in [7, 11) is 0. The van der Waals surface area contributed by atoms with Crippen molar-refractivity contribution >= 4 is 17.6 Å². The Bertz CT molecular complexity index is 1040. The molecule has 0 aliphatic heterocycles. The summed E-state index contributed by atoms with van der Waals surface area (Å²) in [5.74, 6) is -1.35. The Morgan fingerprint density at radius 2 is 1.70 bits per heavy atom. The third kappa shape index (κ3) is 5.03. The number of carbonyl (C=O) groups excluding carboxylic acids is 2. The fourth-order valence-corrected chi connectivity index (χ4v) is 2.85. The molecular weight excluding hydrogens is 385 g/mol. The van der Waals surface area contributed by atoms with Crippen molar-refractivity contribution in [3.8, 4) is 5.75 Å². The smallest absolute Gasteiger partial charge is 0.339 e. The molecule has 0 aromatic heterocycles. The number of amides is 1. The van der Waals surface area contributed by atoms with Crippen LogP contribution in [0.15, 0.2) is 72.8 Å². The quantitative estimate of drug-likeness (QED) is 0.556. The number of nitrogens with one attached hydrogen (secondary N) is 1. The lowest BCUT2D eigenvalue weighted by atomic mass is 10.1. The van der Waals surface area contributed by atoms with E-state index in [9.17, 15) is 14.0 Å². The van der Waals surface area contributed by atoms with E-state index in [0.29, 0.717) is 29.2 Å². The molecule has 0 saturated heterocycles. The zero-order chi connectivity index (χ0) is 21.5. The summed E-state index contributed by atoms with van der Waals surface area (Å²) in [5, 5.41) is 2.76. The van der Waals surface area contributed by atoms with Gasteiger partial charge in [-0.25, -0.2) is 9.18 Å². The summed E-state index contributed by atoms with van der Waals surface area (Å²) in [6, 6.07) is 19.7. The highest BCUT2D eigenvalue weighted by molar-refractivity contribution is 5.99. The zero-order valence-electron chi connectivity index (χ0n) is 16.7. The van der Waals surface area contributed by atoms with Crippen LogP contribution in [-0.2, 0) is 9.53 Å². The van der Waals surface area contributed by atoms with E-state index in [0.717, 1.165) is 6.07 Å². The third-order valence-electron chi connectivity index (χ3n) is 4.42. The molecule has 0 heterocycles. The second-order valence-corrected chi connectivity index (χ2v) is 6.58. The molecule has 0 aliphatic carbocycles. The topological polar surface area (TPSA) is 64.6 Å². The second kappa shape index (κ2) is 9.69. The molecule has 5 nitrogen and oxygen atoms in total. The molecule has 1 N–H and O–H groups in total. The van der Waals surface area contributed by atoms with E-state index < -0.39 is 23.8 Å².